The van der Waals surface area contributed by atoms with E-state index in [1.54, 1.807) is 0 Å². The quantitative estimate of drug-likeness (QED) is 0.817. The number of para-hydroxylation sites is 1. The zero-order valence-electron chi connectivity index (χ0n) is 11.4. The van der Waals surface area contributed by atoms with Gasteiger partial charge in [-0.3, -0.25) is 0 Å². The van der Waals surface area contributed by atoms with E-state index in [9.17, 15) is 0 Å². The van der Waals surface area contributed by atoms with E-state index in [1.165, 1.54) is 25.9 Å². The van der Waals surface area contributed by atoms with Crippen LogP contribution in [0.4, 0.5) is 0 Å². The Morgan fingerprint density at radius 3 is 2.68 bits per heavy atom. The summed E-state index contributed by atoms with van der Waals surface area (Å²) in [5, 5.41) is 0. The van der Waals surface area contributed by atoms with Gasteiger partial charge in [-0.1, -0.05) is 12.1 Å². The fourth-order valence-electron chi connectivity index (χ4n) is 2.48. The molecule has 1 heterocycles. The molecule has 1 saturated heterocycles. The Morgan fingerprint density at radius 2 is 2.00 bits per heavy atom. The van der Waals surface area contributed by atoms with Gasteiger partial charge in [-0.05, 0) is 72.9 Å². The molecule has 0 aliphatic carbocycles. The third-order valence-corrected chi connectivity index (χ3v) is 4.41. The summed E-state index contributed by atoms with van der Waals surface area (Å²) < 4.78 is 6.80. The summed E-state index contributed by atoms with van der Waals surface area (Å²) in [6.45, 7) is 5.13. The van der Waals surface area contributed by atoms with Gasteiger partial charge in [0.2, 0.25) is 0 Å². The second kappa shape index (κ2) is 7.88. The molecule has 19 heavy (non-hydrogen) atoms. The molecule has 0 atom stereocenters. The van der Waals surface area contributed by atoms with Crippen molar-refractivity contribution in [3.8, 4) is 5.75 Å². The van der Waals surface area contributed by atoms with Gasteiger partial charge in [-0.15, -0.1) is 0 Å². The molecule has 4 heteroatoms. The van der Waals surface area contributed by atoms with Crippen LogP contribution in [0.3, 0.4) is 0 Å². The molecule has 1 aliphatic rings. The van der Waals surface area contributed by atoms with Gasteiger partial charge in [0.1, 0.15) is 5.75 Å². The number of halogens is 1. The van der Waals surface area contributed by atoms with Crippen molar-refractivity contribution in [2.75, 3.05) is 32.8 Å². The van der Waals surface area contributed by atoms with Gasteiger partial charge in [0, 0.05) is 6.54 Å². The highest BCUT2D eigenvalue weighted by molar-refractivity contribution is 9.10. The third-order valence-electron chi connectivity index (χ3n) is 3.75. The normalized spacial score (nSPS) is 17.6. The lowest BCUT2D eigenvalue weighted by molar-refractivity contribution is 0.173. The third kappa shape index (κ3) is 4.79. The SMILES string of the molecule is NCC1CCN(CCCOc2ccccc2Br)CC1. The molecule has 0 amide bonds. The molecular formula is C15H23BrN2O. The topological polar surface area (TPSA) is 38.5 Å². The monoisotopic (exact) mass is 326 g/mol. The largest absolute Gasteiger partial charge is 0.492 e. The molecule has 0 bridgehead atoms. The minimum atomic E-state index is 0.743. The maximum atomic E-state index is 5.78. The van der Waals surface area contributed by atoms with Crippen LogP contribution >= 0.6 is 15.9 Å². The van der Waals surface area contributed by atoms with E-state index < -0.39 is 0 Å². The summed E-state index contributed by atoms with van der Waals surface area (Å²) in [4.78, 5) is 2.52. The highest BCUT2D eigenvalue weighted by Gasteiger charge is 2.17. The number of hydrogen-bond acceptors (Lipinski definition) is 3. The highest BCUT2D eigenvalue weighted by atomic mass is 79.9. The Morgan fingerprint density at radius 1 is 1.26 bits per heavy atom. The zero-order chi connectivity index (χ0) is 13.5. The average molecular weight is 327 g/mol. The number of hydrogen-bond donors (Lipinski definition) is 1. The number of nitrogens with zero attached hydrogens (tertiary/aromatic N) is 1. The Labute approximate surface area is 124 Å². The van der Waals surface area contributed by atoms with Crippen molar-refractivity contribution in [2.45, 2.75) is 19.3 Å². The number of nitrogens with two attached hydrogens (primary N) is 1. The fraction of sp³-hybridized carbons (Fsp3) is 0.600. The molecule has 2 rings (SSSR count). The molecule has 0 radical (unpaired) electrons. The fourth-order valence-corrected chi connectivity index (χ4v) is 2.88. The van der Waals surface area contributed by atoms with Gasteiger partial charge in [0.25, 0.3) is 0 Å². The number of likely N-dealkylation sites (tertiary alicyclic amines) is 1. The molecule has 1 aliphatic heterocycles. The average Bonchev–Trinajstić information content (AvgIpc) is 2.46. The van der Waals surface area contributed by atoms with Crippen molar-refractivity contribution in [2.24, 2.45) is 11.7 Å². The van der Waals surface area contributed by atoms with E-state index >= 15 is 0 Å². The van der Waals surface area contributed by atoms with Crippen LogP contribution in [-0.4, -0.2) is 37.7 Å². The highest BCUT2D eigenvalue weighted by Crippen LogP contribution is 2.23. The van der Waals surface area contributed by atoms with Crippen LogP contribution < -0.4 is 10.5 Å². The minimum absolute atomic E-state index is 0.743. The first kappa shape index (κ1) is 14.8. The molecule has 0 unspecified atom stereocenters. The number of benzene rings is 1. The molecule has 0 aromatic heterocycles. The number of piperidine rings is 1. The molecule has 2 N–H and O–H groups in total. The van der Waals surface area contributed by atoms with Gasteiger partial charge >= 0.3 is 0 Å². The lowest BCUT2D eigenvalue weighted by Crippen LogP contribution is -2.37. The molecule has 106 valence electrons. The van der Waals surface area contributed by atoms with Crippen LogP contribution in [0.25, 0.3) is 0 Å². The zero-order valence-corrected chi connectivity index (χ0v) is 12.9. The molecule has 0 saturated carbocycles. The summed E-state index contributed by atoms with van der Waals surface area (Å²) >= 11 is 3.49. The molecule has 1 aromatic carbocycles. The van der Waals surface area contributed by atoms with E-state index in [0.717, 1.165) is 42.3 Å². The minimum Gasteiger partial charge on any atom is -0.492 e. The smallest absolute Gasteiger partial charge is 0.133 e. The van der Waals surface area contributed by atoms with E-state index in [0.29, 0.717) is 0 Å². The van der Waals surface area contributed by atoms with Crippen LogP contribution in [0.2, 0.25) is 0 Å². The predicted molar refractivity (Wildman–Crippen MR) is 82.5 cm³/mol. The lowest BCUT2D eigenvalue weighted by atomic mass is 9.97. The Bertz CT molecular complexity index is 378. The van der Waals surface area contributed by atoms with Gasteiger partial charge in [0.05, 0.1) is 11.1 Å². The van der Waals surface area contributed by atoms with Crippen LogP contribution in [0.1, 0.15) is 19.3 Å². The van der Waals surface area contributed by atoms with Crippen molar-refractivity contribution < 1.29 is 4.74 Å². The van der Waals surface area contributed by atoms with Crippen LogP contribution in [0, 0.1) is 5.92 Å². The summed E-state index contributed by atoms with van der Waals surface area (Å²) in [5.74, 6) is 1.68. The van der Waals surface area contributed by atoms with Gasteiger partial charge in [-0.2, -0.15) is 0 Å². The maximum Gasteiger partial charge on any atom is 0.133 e. The molecule has 1 aromatic rings. The van der Waals surface area contributed by atoms with E-state index in [2.05, 4.69) is 20.8 Å². The second-order valence-corrected chi connectivity index (χ2v) is 6.01. The number of ether oxygens (including phenoxy) is 1. The van der Waals surface area contributed by atoms with Crippen molar-refractivity contribution in [1.29, 1.82) is 0 Å². The van der Waals surface area contributed by atoms with E-state index in [-0.39, 0.29) is 0 Å². The van der Waals surface area contributed by atoms with Gasteiger partial charge in [-0.25, -0.2) is 0 Å². The van der Waals surface area contributed by atoms with Gasteiger partial charge < -0.3 is 15.4 Å². The van der Waals surface area contributed by atoms with Crippen molar-refractivity contribution in [1.82, 2.24) is 4.90 Å². The lowest BCUT2D eigenvalue weighted by Gasteiger charge is -2.31. The summed E-state index contributed by atoms with van der Waals surface area (Å²) in [6.07, 6.45) is 3.58. The maximum absolute atomic E-state index is 5.78. The first-order chi connectivity index (χ1) is 9.29. The second-order valence-electron chi connectivity index (χ2n) is 5.15. The Hall–Kier alpha value is -0.580. The van der Waals surface area contributed by atoms with Crippen LogP contribution in [0.5, 0.6) is 5.75 Å². The Kier molecular flexibility index (Phi) is 6.14. The van der Waals surface area contributed by atoms with Crippen molar-refractivity contribution >= 4 is 15.9 Å². The van der Waals surface area contributed by atoms with E-state index in [4.69, 9.17) is 10.5 Å². The molecule has 1 fully saturated rings. The Balaban J connectivity index is 1.61. The first-order valence-electron chi connectivity index (χ1n) is 7.09. The van der Waals surface area contributed by atoms with Crippen molar-refractivity contribution in [3.05, 3.63) is 28.7 Å². The van der Waals surface area contributed by atoms with Crippen LogP contribution in [0.15, 0.2) is 28.7 Å². The summed E-state index contributed by atoms with van der Waals surface area (Å²) in [6, 6.07) is 8.00. The van der Waals surface area contributed by atoms with Crippen LogP contribution in [-0.2, 0) is 0 Å². The molecule has 3 nitrogen and oxygen atoms in total. The standard InChI is InChI=1S/C15H23BrN2O/c16-14-4-1-2-5-15(14)19-11-3-8-18-9-6-13(12-17)7-10-18/h1-2,4-5,13H,3,6-12,17H2. The number of rotatable bonds is 6. The predicted octanol–water partition coefficient (Wildman–Crippen LogP) is 2.89. The molecular weight excluding hydrogens is 304 g/mol. The first-order valence-corrected chi connectivity index (χ1v) is 7.88. The van der Waals surface area contributed by atoms with Crippen molar-refractivity contribution in [3.63, 3.8) is 0 Å². The van der Waals surface area contributed by atoms with Gasteiger partial charge in [0.15, 0.2) is 0 Å². The van der Waals surface area contributed by atoms with E-state index in [1.807, 2.05) is 24.3 Å². The molecule has 0 spiro atoms. The summed E-state index contributed by atoms with van der Waals surface area (Å²) in [7, 11) is 0. The summed E-state index contributed by atoms with van der Waals surface area (Å²) in [5.41, 5.74) is 5.71.